The molecule has 4 nitrogen and oxygen atoms in total. The number of aryl methyl sites for hydroxylation is 1. The second kappa shape index (κ2) is 5.84. The van der Waals surface area contributed by atoms with Crippen molar-refractivity contribution in [3.63, 3.8) is 0 Å². The van der Waals surface area contributed by atoms with E-state index in [4.69, 9.17) is 10.5 Å². The van der Waals surface area contributed by atoms with Gasteiger partial charge >= 0.3 is 5.97 Å². The number of rotatable bonds is 3. The number of anilines is 1. The lowest BCUT2D eigenvalue weighted by atomic mass is 10.2. The van der Waals surface area contributed by atoms with Gasteiger partial charge in [-0.15, -0.1) is 0 Å². The molecule has 0 aliphatic heterocycles. The fourth-order valence-electron chi connectivity index (χ4n) is 1.59. The van der Waals surface area contributed by atoms with Crippen LogP contribution in [0.5, 0.6) is 0 Å². The van der Waals surface area contributed by atoms with Crippen LogP contribution in [0.4, 0.5) is 5.69 Å². The zero-order valence-corrected chi connectivity index (χ0v) is 12.0. The van der Waals surface area contributed by atoms with E-state index in [9.17, 15) is 4.79 Å². The lowest BCUT2D eigenvalue weighted by Gasteiger charge is -2.08. The molecule has 0 atom stereocenters. The van der Waals surface area contributed by atoms with Crippen LogP contribution in [0.2, 0.25) is 0 Å². The molecule has 0 fully saturated rings. The highest BCUT2D eigenvalue weighted by Crippen LogP contribution is 2.18. The molecule has 0 bridgehead atoms. The van der Waals surface area contributed by atoms with Crippen LogP contribution in [0.1, 0.15) is 21.6 Å². The number of ether oxygens (including phenoxy) is 1. The van der Waals surface area contributed by atoms with Gasteiger partial charge in [0.15, 0.2) is 0 Å². The highest BCUT2D eigenvalue weighted by atomic mass is 79.9. The summed E-state index contributed by atoms with van der Waals surface area (Å²) in [6.07, 6.45) is 1.51. The maximum atomic E-state index is 12.0. The molecular formula is C14H13BrN2O2. The van der Waals surface area contributed by atoms with E-state index in [1.165, 1.54) is 6.20 Å². The van der Waals surface area contributed by atoms with Crippen molar-refractivity contribution in [3.05, 3.63) is 57.8 Å². The monoisotopic (exact) mass is 320 g/mol. The Morgan fingerprint density at radius 2 is 2.16 bits per heavy atom. The van der Waals surface area contributed by atoms with E-state index in [0.717, 1.165) is 10.0 Å². The number of aromatic nitrogens is 1. The molecule has 0 saturated carbocycles. The first-order chi connectivity index (χ1) is 9.08. The minimum Gasteiger partial charge on any atom is -0.457 e. The Bertz CT molecular complexity index is 614. The molecule has 98 valence electrons. The Hall–Kier alpha value is -1.88. The predicted octanol–water partition coefficient (Wildman–Crippen LogP) is 3.09. The van der Waals surface area contributed by atoms with Crippen molar-refractivity contribution >= 4 is 27.6 Å². The Morgan fingerprint density at radius 1 is 1.42 bits per heavy atom. The van der Waals surface area contributed by atoms with Gasteiger partial charge in [-0.2, -0.15) is 0 Å². The summed E-state index contributed by atoms with van der Waals surface area (Å²) >= 11 is 3.41. The molecule has 1 aromatic heterocycles. The van der Waals surface area contributed by atoms with Crippen molar-refractivity contribution in [3.8, 4) is 0 Å². The molecule has 2 aromatic rings. The third-order valence-electron chi connectivity index (χ3n) is 2.64. The van der Waals surface area contributed by atoms with Crippen molar-refractivity contribution in [1.82, 2.24) is 4.98 Å². The number of nitrogens with zero attached hydrogens (tertiary/aromatic N) is 1. The van der Waals surface area contributed by atoms with E-state index in [0.29, 0.717) is 16.9 Å². The fourth-order valence-corrected chi connectivity index (χ4v) is 1.99. The van der Waals surface area contributed by atoms with E-state index in [2.05, 4.69) is 20.9 Å². The summed E-state index contributed by atoms with van der Waals surface area (Å²) in [4.78, 5) is 16.0. The molecule has 19 heavy (non-hydrogen) atoms. The van der Waals surface area contributed by atoms with Crippen molar-refractivity contribution in [1.29, 1.82) is 0 Å². The molecule has 1 aromatic carbocycles. The molecular weight excluding hydrogens is 308 g/mol. The number of nitrogen functional groups attached to an aromatic ring is 1. The smallest absolute Gasteiger partial charge is 0.340 e. The molecule has 0 aliphatic rings. The first kappa shape index (κ1) is 13.5. The number of pyridine rings is 1. The van der Waals surface area contributed by atoms with Crippen molar-refractivity contribution in [2.45, 2.75) is 13.5 Å². The summed E-state index contributed by atoms with van der Waals surface area (Å²) in [5.41, 5.74) is 7.97. The quantitative estimate of drug-likeness (QED) is 0.882. The van der Waals surface area contributed by atoms with Gasteiger partial charge in [-0.25, -0.2) is 4.79 Å². The van der Waals surface area contributed by atoms with Crippen LogP contribution >= 0.6 is 15.9 Å². The normalized spacial score (nSPS) is 10.2. The average Bonchev–Trinajstić information content (AvgIpc) is 2.40. The summed E-state index contributed by atoms with van der Waals surface area (Å²) in [6, 6.07) is 9.16. The van der Waals surface area contributed by atoms with Crippen LogP contribution < -0.4 is 5.73 Å². The molecule has 0 unspecified atom stereocenters. The molecule has 1 heterocycles. The standard InChI is InChI=1S/C14H13BrN2O2/c1-9-12(6-11(16)7-17-9)14(18)19-8-10-4-2-3-5-13(10)15/h2-7H,8,16H2,1H3. The van der Waals surface area contributed by atoms with Crippen molar-refractivity contribution in [2.75, 3.05) is 5.73 Å². The Morgan fingerprint density at radius 3 is 2.89 bits per heavy atom. The molecule has 0 amide bonds. The van der Waals surface area contributed by atoms with Gasteiger partial charge in [-0.05, 0) is 19.1 Å². The lowest BCUT2D eigenvalue weighted by molar-refractivity contribution is 0.0470. The first-order valence-electron chi connectivity index (χ1n) is 5.70. The van der Waals surface area contributed by atoms with Crippen LogP contribution in [0, 0.1) is 6.92 Å². The fraction of sp³-hybridized carbons (Fsp3) is 0.143. The number of carbonyl (C=O) groups excluding carboxylic acids is 1. The van der Waals surface area contributed by atoms with Gasteiger partial charge in [0.05, 0.1) is 23.1 Å². The number of benzene rings is 1. The maximum absolute atomic E-state index is 12.0. The highest BCUT2D eigenvalue weighted by Gasteiger charge is 2.12. The third kappa shape index (κ3) is 3.32. The summed E-state index contributed by atoms with van der Waals surface area (Å²) in [7, 11) is 0. The van der Waals surface area contributed by atoms with E-state index >= 15 is 0 Å². The molecule has 0 spiro atoms. The van der Waals surface area contributed by atoms with Gasteiger partial charge in [-0.1, -0.05) is 34.1 Å². The number of nitrogens with two attached hydrogens (primary N) is 1. The molecule has 0 saturated heterocycles. The Labute approximate surface area is 119 Å². The lowest BCUT2D eigenvalue weighted by Crippen LogP contribution is -2.09. The zero-order chi connectivity index (χ0) is 13.8. The molecule has 0 aliphatic carbocycles. The van der Waals surface area contributed by atoms with Crippen molar-refractivity contribution < 1.29 is 9.53 Å². The minimum atomic E-state index is -0.423. The van der Waals surface area contributed by atoms with E-state index in [1.807, 2.05) is 24.3 Å². The summed E-state index contributed by atoms with van der Waals surface area (Å²) in [6.45, 7) is 1.95. The molecule has 2 rings (SSSR count). The van der Waals surface area contributed by atoms with Crippen LogP contribution in [-0.4, -0.2) is 11.0 Å². The SMILES string of the molecule is Cc1ncc(N)cc1C(=O)OCc1ccccc1Br. The van der Waals surface area contributed by atoms with E-state index in [1.54, 1.807) is 13.0 Å². The number of carbonyl (C=O) groups is 1. The third-order valence-corrected chi connectivity index (χ3v) is 3.42. The Kier molecular flexibility index (Phi) is 4.16. The van der Waals surface area contributed by atoms with E-state index < -0.39 is 5.97 Å². The summed E-state index contributed by atoms with van der Waals surface area (Å²) in [5, 5.41) is 0. The second-order valence-electron chi connectivity index (χ2n) is 4.07. The molecule has 5 heteroatoms. The van der Waals surface area contributed by atoms with Gasteiger partial charge in [0.2, 0.25) is 0 Å². The largest absolute Gasteiger partial charge is 0.457 e. The number of hydrogen-bond donors (Lipinski definition) is 1. The molecule has 0 radical (unpaired) electrons. The van der Waals surface area contributed by atoms with Crippen molar-refractivity contribution in [2.24, 2.45) is 0 Å². The summed E-state index contributed by atoms with van der Waals surface area (Å²) < 4.78 is 6.17. The molecule has 2 N–H and O–H groups in total. The van der Waals surface area contributed by atoms with Gasteiger partial charge in [0, 0.05) is 10.0 Å². The van der Waals surface area contributed by atoms with Crippen LogP contribution in [0.3, 0.4) is 0 Å². The predicted molar refractivity (Wildman–Crippen MR) is 76.6 cm³/mol. The average molecular weight is 321 g/mol. The number of halogens is 1. The maximum Gasteiger partial charge on any atom is 0.340 e. The summed E-state index contributed by atoms with van der Waals surface area (Å²) in [5.74, 6) is -0.423. The second-order valence-corrected chi connectivity index (χ2v) is 4.92. The highest BCUT2D eigenvalue weighted by molar-refractivity contribution is 9.10. The van der Waals surface area contributed by atoms with Gasteiger partial charge in [-0.3, -0.25) is 4.98 Å². The van der Waals surface area contributed by atoms with Crippen LogP contribution in [0.15, 0.2) is 41.0 Å². The van der Waals surface area contributed by atoms with E-state index in [-0.39, 0.29) is 6.61 Å². The zero-order valence-electron chi connectivity index (χ0n) is 10.4. The minimum absolute atomic E-state index is 0.203. The Balaban J connectivity index is 2.10. The number of esters is 1. The first-order valence-corrected chi connectivity index (χ1v) is 6.50. The van der Waals surface area contributed by atoms with Gasteiger partial charge < -0.3 is 10.5 Å². The van der Waals surface area contributed by atoms with Gasteiger partial charge in [0.1, 0.15) is 6.61 Å². The van der Waals surface area contributed by atoms with Crippen LogP contribution in [-0.2, 0) is 11.3 Å². The number of hydrogen-bond acceptors (Lipinski definition) is 4. The topological polar surface area (TPSA) is 65.2 Å². The van der Waals surface area contributed by atoms with Crippen LogP contribution in [0.25, 0.3) is 0 Å². The van der Waals surface area contributed by atoms with Gasteiger partial charge in [0.25, 0.3) is 0 Å².